The van der Waals surface area contributed by atoms with E-state index in [1.807, 2.05) is 24.4 Å². The number of hydrogen-bond acceptors (Lipinski definition) is 2. The Morgan fingerprint density at radius 1 is 0.839 bits per heavy atom. The molecule has 2 aromatic heterocycles. The Morgan fingerprint density at radius 2 is 1.65 bits per heavy atom. The molecule has 2 aromatic carbocycles. The van der Waals surface area contributed by atoms with Gasteiger partial charge >= 0.3 is 0 Å². The molecule has 1 fully saturated rings. The van der Waals surface area contributed by atoms with Crippen molar-refractivity contribution < 1.29 is 0 Å². The van der Waals surface area contributed by atoms with E-state index < -0.39 is 0 Å². The molecule has 5 rings (SSSR count). The van der Waals surface area contributed by atoms with Gasteiger partial charge < -0.3 is 14.8 Å². The number of aryl methyl sites for hydroxylation is 2. The fourth-order valence-corrected chi connectivity index (χ4v) is 4.61. The first-order valence-electron chi connectivity index (χ1n) is 10.4. The van der Waals surface area contributed by atoms with Crippen LogP contribution in [0.1, 0.15) is 34.6 Å². The van der Waals surface area contributed by atoms with Crippen LogP contribution < -0.4 is 10.2 Å². The van der Waals surface area contributed by atoms with Crippen molar-refractivity contribution in [1.82, 2.24) is 14.9 Å². The fourth-order valence-electron chi connectivity index (χ4n) is 4.27. The van der Waals surface area contributed by atoms with Crippen molar-refractivity contribution in [3.63, 3.8) is 0 Å². The number of nitrogens with zero attached hydrogens (tertiary/aromatic N) is 3. The van der Waals surface area contributed by atoms with Crippen LogP contribution in [0.5, 0.6) is 0 Å². The lowest BCUT2D eigenvalue weighted by atomic mass is 10.00. The fraction of sp³-hybridized carbons (Fsp3) is 0.154. The van der Waals surface area contributed by atoms with E-state index in [4.69, 9.17) is 12.2 Å². The van der Waals surface area contributed by atoms with Gasteiger partial charge in [-0.25, -0.2) is 0 Å². The summed E-state index contributed by atoms with van der Waals surface area (Å²) in [6, 6.07) is 27.1. The normalized spacial score (nSPS) is 18.3. The zero-order chi connectivity index (χ0) is 21.4. The molecular formula is C26H24N4S. The second-order valence-corrected chi connectivity index (χ2v) is 8.29. The van der Waals surface area contributed by atoms with Gasteiger partial charge in [0.2, 0.25) is 0 Å². The number of rotatable bonds is 4. The van der Waals surface area contributed by atoms with Gasteiger partial charge in [0.25, 0.3) is 0 Å². The zero-order valence-corrected chi connectivity index (χ0v) is 18.4. The summed E-state index contributed by atoms with van der Waals surface area (Å²) < 4.78 is 2.24. The van der Waals surface area contributed by atoms with Gasteiger partial charge in [-0.2, -0.15) is 0 Å². The predicted octanol–water partition coefficient (Wildman–Crippen LogP) is 5.67. The van der Waals surface area contributed by atoms with E-state index in [1.165, 1.54) is 11.1 Å². The van der Waals surface area contributed by atoms with Gasteiger partial charge in [-0.3, -0.25) is 4.98 Å². The molecule has 3 heterocycles. The highest BCUT2D eigenvalue weighted by Gasteiger charge is 2.42. The first-order chi connectivity index (χ1) is 15.1. The zero-order valence-electron chi connectivity index (χ0n) is 17.6. The molecule has 31 heavy (non-hydrogen) atoms. The third kappa shape index (κ3) is 3.51. The molecule has 1 N–H and O–H groups in total. The lowest BCUT2D eigenvalue weighted by Gasteiger charge is -2.29. The summed E-state index contributed by atoms with van der Waals surface area (Å²) in [6.07, 6.45) is 3.95. The lowest BCUT2D eigenvalue weighted by Crippen LogP contribution is -2.30. The molecule has 154 valence electrons. The van der Waals surface area contributed by atoms with Crippen LogP contribution in [-0.2, 0) is 0 Å². The Morgan fingerprint density at radius 3 is 2.39 bits per heavy atom. The number of para-hydroxylation sites is 1. The van der Waals surface area contributed by atoms with Crippen LogP contribution in [0.15, 0.2) is 91.3 Å². The second kappa shape index (κ2) is 8.00. The van der Waals surface area contributed by atoms with Gasteiger partial charge in [0.05, 0.1) is 11.7 Å². The Kier molecular flexibility index (Phi) is 5.04. The number of pyridine rings is 1. The van der Waals surface area contributed by atoms with Gasteiger partial charge in [-0.15, -0.1) is 0 Å². The summed E-state index contributed by atoms with van der Waals surface area (Å²) in [7, 11) is 0. The van der Waals surface area contributed by atoms with E-state index >= 15 is 0 Å². The summed E-state index contributed by atoms with van der Waals surface area (Å²) in [4.78, 5) is 6.89. The maximum atomic E-state index is 5.86. The lowest BCUT2D eigenvalue weighted by molar-refractivity contribution is 0.549. The molecule has 0 aliphatic carbocycles. The molecule has 1 saturated heterocycles. The van der Waals surface area contributed by atoms with Crippen LogP contribution >= 0.6 is 12.2 Å². The highest BCUT2D eigenvalue weighted by atomic mass is 32.1. The SMILES string of the molecule is Cc1ccc(N2C(=S)N[C@@H](c3ccccn3)[C@@H]2c2cccn2-c2ccccc2)cc1C. The van der Waals surface area contributed by atoms with Crippen LogP contribution in [0.3, 0.4) is 0 Å². The van der Waals surface area contributed by atoms with E-state index in [0.717, 1.165) is 22.8 Å². The van der Waals surface area contributed by atoms with E-state index in [-0.39, 0.29) is 12.1 Å². The first kappa shape index (κ1) is 19.5. The average molecular weight is 425 g/mol. The second-order valence-electron chi connectivity index (χ2n) is 7.90. The van der Waals surface area contributed by atoms with Gasteiger partial charge in [0, 0.05) is 29.5 Å². The molecule has 5 heteroatoms. The quantitative estimate of drug-likeness (QED) is 0.428. The number of anilines is 1. The maximum absolute atomic E-state index is 5.86. The number of benzene rings is 2. The molecule has 0 saturated carbocycles. The van der Waals surface area contributed by atoms with Crippen molar-refractivity contribution in [2.24, 2.45) is 0 Å². The van der Waals surface area contributed by atoms with Crippen molar-refractivity contribution in [3.05, 3.63) is 114 Å². The van der Waals surface area contributed by atoms with Crippen molar-refractivity contribution in [2.45, 2.75) is 25.9 Å². The number of nitrogens with one attached hydrogen (secondary N) is 1. The molecule has 2 atom stereocenters. The first-order valence-corrected chi connectivity index (χ1v) is 10.8. The summed E-state index contributed by atoms with van der Waals surface area (Å²) >= 11 is 5.86. The number of aromatic nitrogens is 2. The minimum Gasteiger partial charge on any atom is -0.351 e. The van der Waals surface area contributed by atoms with E-state index in [1.54, 1.807) is 0 Å². The topological polar surface area (TPSA) is 33.1 Å². The molecule has 1 aliphatic heterocycles. The highest BCUT2D eigenvalue weighted by molar-refractivity contribution is 7.80. The van der Waals surface area contributed by atoms with E-state index in [9.17, 15) is 0 Å². The van der Waals surface area contributed by atoms with Gasteiger partial charge in [-0.05, 0) is 85.7 Å². The Labute approximate surface area is 188 Å². The molecule has 0 spiro atoms. The van der Waals surface area contributed by atoms with Crippen molar-refractivity contribution in [2.75, 3.05) is 4.90 Å². The van der Waals surface area contributed by atoms with Crippen molar-refractivity contribution in [3.8, 4) is 5.69 Å². The molecule has 0 bridgehead atoms. The van der Waals surface area contributed by atoms with E-state index in [0.29, 0.717) is 5.11 Å². The minimum atomic E-state index is -0.0623. The van der Waals surface area contributed by atoms with Crippen LogP contribution in [0.2, 0.25) is 0 Å². The molecule has 0 unspecified atom stereocenters. The standard InChI is InChI=1S/C26H24N4S/c1-18-13-14-21(17-19(18)2)30-25(24(28-26(30)31)22-11-6-7-15-27-22)23-12-8-16-29(23)20-9-4-3-5-10-20/h3-17,24-25H,1-2H3,(H,28,31)/t24-,25-/m0/s1. The Hall–Kier alpha value is -3.44. The molecule has 1 aliphatic rings. The van der Waals surface area contributed by atoms with Gasteiger partial charge in [0.15, 0.2) is 5.11 Å². The van der Waals surface area contributed by atoms with Crippen molar-refractivity contribution >= 4 is 23.0 Å². The summed E-state index contributed by atoms with van der Waals surface area (Å²) in [5.41, 5.74) is 6.87. The summed E-state index contributed by atoms with van der Waals surface area (Å²) in [5.74, 6) is 0. The van der Waals surface area contributed by atoms with Crippen LogP contribution in [0.25, 0.3) is 5.69 Å². The van der Waals surface area contributed by atoms with Crippen molar-refractivity contribution in [1.29, 1.82) is 0 Å². The molecular weight excluding hydrogens is 400 g/mol. The van der Waals surface area contributed by atoms with Gasteiger partial charge in [0.1, 0.15) is 6.04 Å². The Bertz CT molecular complexity index is 1220. The number of thiocarbonyl (C=S) groups is 1. The highest BCUT2D eigenvalue weighted by Crippen LogP contribution is 2.42. The van der Waals surface area contributed by atoms with Gasteiger partial charge in [-0.1, -0.05) is 30.3 Å². The minimum absolute atomic E-state index is 0.0419. The maximum Gasteiger partial charge on any atom is 0.174 e. The van der Waals surface area contributed by atoms with Crippen LogP contribution in [0.4, 0.5) is 5.69 Å². The molecule has 4 aromatic rings. The monoisotopic (exact) mass is 424 g/mol. The largest absolute Gasteiger partial charge is 0.351 e. The smallest absolute Gasteiger partial charge is 0.174 e. The molecule has 4 nitrogen and oxygen atoms in total. The average Bonchev–Trinajstić information content (AvgIpc) is 3.41. The molecule has 0 amide bonds. The third-order valence-electron chi connectivity index (χ3n) is 5.98. The third-order valence-corrected chi connectivity index (χ3v) is 6.30. The predicted molar refractivity (Wildman–Crippen MR) is 130 cm³/mol. The van der Waals surface area contributed by atoms with E-state index in [2.05, 4.69) is 100 Å². The summed E-state index contributed by atoms with van der Waals surface area (Å²) in [6.45, 7) is 4.28. The van der Waals surface area contributed by atoms with Crippen LogP contribution in [-0.4, -0.2) is 14.7 Å². The van der Waals surface area contributed by atoms with Crippen LogP contribution in [0, 0.1) is 13.8 Å². The molecule has 0 radical (unpaired) electrons. The number of hydrogen-bond donors (Lipinski definition) is 1. The Balaban J connectivity index is 1.68. The summed E-state index contributed by atoms with van der Waals surface area (Å²) in [5, 5.41) is 4.26.